The Morgan fingerprint density at radius 3 is 2.76 bits per heavy atom. The van der Waals surface area contributed by atoms with Gasteiger partial charge in [-0.05, 0) is 25.2 Å². The molecule has 1 heterocycles. The lowest BCUT2D eigenvalue weighted by Crippen LogP contribution is -2.33. The number of anilines is 1. The number of aromatic nitrogens is 2. The third-order valence-electron chi connectivity index (χ3n) is 3.84. The Morgan fingerprint density at radius 1 is 1.43 bits per heavy atom. The fourth-order valence-electron chi connectivity index (χ4n) is 2.56. The third kappa shape index (κ3) is 3.32. The Morgan fingerprint density at radius 2 is 2.14 bits per heavy atom. The molecule has 0 spiro atoms. The Kier molecular flexibility index (Phi) is 4.16. The van der Waals surface area contributed by atoms with Gasteiger partial charge in [0, 0.05) is 12.3 Å². The third-order valence-corrected chi connectivity index (χ3v) is 3.84. The number of methoxy groups -OCH3 is 1. The molecule has 0 radical (unpaired) electrons. The number of carbonyl (C=O) groups is 1. The van der Waals surface area contributed by atoms with E-state index >= 15 is 0 Å². The summed E-state index contributed by atoms with van der Waals surface area (Å²) in [6, 6.07) is 1.64. The molecule has 1 saturated carbocycles. The zero-order valence-corrected chi connectivity index (χ0v) is 13.1. The van der Waals surface area contributed by atoms with Crippen LogP contribution in [-0.4, -0.2) is 23.0 Å². The summed E-state index contributed by atoms with van der Waals surface area (Å²) in [4.78, 5) is 20.3. The van der Waals surface area contributed by atoms with E-state index in [1.54, 1.807) is 12.3 Å². The number of amides is 1. The van der Waals surface area contributed by atoms with Gasteiger partial charge in [-0.25, -0.2) is 4.98 Å². The van der Waals surface area contributed by atoms with Gasteiger partial charge in [0.05, 0.1) is 13.0 Å². The van der Waals surface area contributed by atoms with Crippen molar-refractivity contribution in [2.24, 2.45) is 17.3 Å². The molecule has 0 unspecified atom stereocenters. The monoisotopic (exact) mass is 290 g/mol. The second-order valence-electron chi connectivity index (χ2n) is 6.11. The Labute approximate surface area is 125 Å². The van der Waals surface area contributed by atoms with Gasteiger partial charge >= 0.3 is 0 Å². The molecule has 114 valence electrons. The van der Waals surface area contributed by atoms with E-state index in [4.69, 9.17) is 4.74 Å². The average molecular weight is 290 g/mol. The Balaban J connectivity index is 1.95. The molecule has 1 amide bonds. The number of hydrogen-bond donors (Lipinski definition) is 2. The number of hydrogen-bond acceptors (Lipinski definition) is 5. The SMILES string of the molecule is COc1ccnc(NNC(=O)[C@@H]2[C@H](C=C(C)C)C2(C)C)n1. The van der Waals surface area contributed by atoms with Crippen molar-refractivity contribution in [2.75, 3.05) is 12.5 Å². The highest BCUT2D eigenvalue weighted by Gasteiger charge is 2.60. The molecule has 1 aromatic rings. The maximum Gasteiger partial charge on any atom is 0.245 e. The van der Waals surface area contributed by atoms with Crippen molar-refractivity contribution in [3.05, 3.63) is 23.9 Å². The lowest BCUT2D eigenvalue weighted by molar-refractivity contribution is -0.122. The number of nitrogens with zero attached hydrogens (tertiary/aromatic N) is 2. The molecule has 1 aromatic heterocycles. The maximum absolute atomic E-state index is 12.3. The summed E-state index contributed by atoms with van der Waals surface area (Å²) in [5.74, 6) is 0.936. The highest BCUT2D eigenvalue weighted by molar-refractivity contribution is 5.84. The van der Waals surface area contributed by atoms with Gasteiger partial charge in [0.1, 0.15) is 0 Å². The van der Waals surface area contributed by atoms with E-state index in [0.717, 1.165) is 0 Å². The molecular formula is C15H22N4O2. The van der Waals surface area contributed by atoms with E-state index in [9.17, 15) is 4.79 Å². The summed E-state index contributed by atoms with van der Waals surface area (Å²) >= 11 is 0. The normalized spacial score (nSPS) is 22.1. The van der Waals surface area contributed by atoms with Gasteiger partial charge in [0.2, 0.25) is 17.7 Å². The summed E-state index contributed by atoms with van der Waals surface area (Å²) < 4.78 is 5.00. The van der Waals surface area contributed by atoms with Crippen molar-refractivity contribution in [1.29, 1.82) is 0 Å². The number of nitrogens with one attached hydrogen (secondary N) is 2. The summed E-state index contributed by atoms with van der Waals surface area (Å²) in [7, 11) is 1.53. The molecule has 1 aliphatic rings. The van der Waals surface area contributed by atoms with Gasteiger partial charge in [0.25, 0.3) is 0 Å². The van der Waals surface area contributed by atoms with Crippen LogP contribution in [0.15, 0.2) is 23.9 Å². The van der Waals surface area contributed by atoms with Crippen LogP contribution in [0.25, 0.3) is 0 Å². The zero-order valence-electron chi connectivity index (χ0n) is 13.1. The maximum atomic E-state index is 12.3. The second-order valence-corrected chi connectivity index (χ2v) is 6.11. The lowest BCUT2D eigenvalue weighted by Gasteiger charge is -2.08. The topological polar surface area (TPSA) is 76.1 Å². The largest absolute Gasteiger partial charge is 0.481 e. The van der Waals surface area contributed by atoms with Crippen molar-refractivity contribution in [3.63, 3.8) is 0 Å². The minimum absolute atomic E-state index is 0.0156. The van der Waals surface area contributed by atoms with E-state index in [1.165, 1.54) is 12.7 Å². The van der Waals surface area contributed by atoms with Crippen LogP contribution in [0.3, 0.4) is 0 Å². The number of rotatable bonds is 5. The first-order valence-corrected chi connectivity index (χ1v) is 6.94. The summed E-state index contributed by atoms with van der Waals surface area (Å²) in [6.45, 7) is 8.30. The second kappa shape index (κ2) is 5.71. The molecule has 0 bridgehead atoms. The van der Waals surface area contributed by atoms with Crippen molar-refractivity contribution in [1.82, 2.24) is 15.4 Å². The molecule has 2 atom stereocenters. The van der Waals surface area contributed by atoms with Crippen molar-refractivity contribution >= 4 is 11.9 Å². The zero-order chi connectivity index (χ0) is 15.6. The highest BCUT2D eigenvalue weighted by Crippen LogP contribution is 2.59. The van der Waals surface area contributed by atoms with E-state index in [0.29, 0.717) is 11.8 Å². The first-order chi connectivity index (χ1) is 9.86. The predicted molar refractivity (Wildman–Crippen MR) is 80.5 cm³/mol. The van der Waals surface area contributed by atoms with Crippen LogP contribution in [0.4, 0.5) is 5.95 Å². The molecule has 2 rings (SSSR count). The van der Waals surface area contributed by atoms with Gasteiger partial charge in [-0.2, -0.15) is 4.98 Å². The van der Waals surface area contributed by atoms with Gasteiger partial charge in [-0.3, -0.25) is 15.6 Å². The van der Waals surface area contributed by atoms with E-state index in [2.05, 4.69) is 40.7 Å². The molecule has 6 nitrogen and oxygen atoms in total. The van der Waals surface area contributed by atoms with Crippen LogP contribution in [0.2, 0.25) is 0 Å². The molecule has 21 heavy (non-hydrogen) atoms. The number of allylic oxidation sites excluding steroid dienone is 2. The molecule has 0 aliphatic heterocycles. The van der Waals surface area contributed by atoms with Crippen molar-refractivity contribution < 1.29 is 9.53 Å². The van der Waals surface area contributed by atoms with Gasteiger partial charge < -0.3 is 4.74 Å². The van der Waals surface area contributed by atoms with Crippen molar-refractivity contribution in [3.8, 4) is 5.88 Å². The summed E-state index contributed by atoms with van der Waals surface area (Å²) in [6.07, 6.45) is 3.72. The fourth-order valence-corrected chi connectivity index (χ4v) is 2.56. The summed E-state index contributed by atoms with van der Waals surface area (Å²) in [5, 5.41) is 0. The van der Waals surface area contributed by atoms with Gasteiger partial charge in [0.15, 0.2) is 0 Å². The molecule has 6 heteroatoms. The molecule has 0 saturated heterocycles. The molecule has 1 aliphatic carbocycles. The van der Waals surface area contributed by atoms with Gasteiger partial charge in [-0.15, -0.1) is 0 Å². The first kappa shape index (κ1) is 15.3. The van der Waals surface area contributed by atoms with Crippen LogP contribution >= 0.6 is 0 Å². The Bertz CT molecular complexity index is 565. The highest BCUT2D eigenvalue weighted by atomic mass is 16.5. The Hall–Kier alpha value is -2.11. The van der Waals surface area contributed by atoms with Crippen LogP contribution in [0.1, 0.15) is 27.7 Å². The molecule has 0 aromatic carbocycles. The molecule has 1 fully saturated rings. The molecule has 2 N–H and O–H groups in total. The first-order valence-electron chi connectivity index (χ1n) is 6.94. The van der Waals surface area contributed by atoms with Crippen LogP contribution in [-0.2, 0) is 4.79 Å². The van der Waals surface area contributed by atoms with Gasteiger partial charge in [-0.1, -0.05) is 25.5 Å². The van der Waals surface area contributed by atoms with E-state index in [-0.39, 0.29) is 23.2 Å². The quantitative estimate of drug-likeness (QED) is 0.642. The van der Waals surface area contributed by atoms with Crippen LogP contribution in [0.5, 0.6) is 5.88 Å². The summed E-state index contributed by atoms with van der Waals surface area (Å²) in [5.41, 5.74) is 6.62. The van der Waals surface area contributed by atoms with Crippen LogP contribution in [0, 0.1) is 17.3 Å². The van der Waals surface area contributed by atoms with Crippen molar-refractivity contribution in [2.45, 2.75) is 27.7 Å². The smallest absolute Gasteiger partial charge is 0.245 e. The number of ether oxygens (including phenoxy) is 1. The average Bonchev–Trinajstić information content (AvgIpc) is 2.96. The minimum atomic E-state index is -0.0473. The minimum Gasteiger partial charge on any atom is -0.481 e. The number of carbonyl (C=O) groups excluding carboxylic acids is 1. The standard InChI is InChI=1S/C15H22N4O2/c1-9(2)8-10-12(15(10,3)4)13(20)18-19-14-16-7-6-11(17-14)21-5/h6-8,10,12H,1-5H3,(H,18,20)(H,16,17,19)/t10-,12-/m0/s1. The van der Waals surface area contributed by atoms with Crippen LogP contribution < -0.4 is 15.6 Å². The van der Waals surface area contributed by atoms with E-state index < -0.39 is 0 Å². The van der Waals surface area contributed by atoms with E-state index in [1.807, 2.05) is 13.8 Å². The lowest BCUT2D eigenvalue weighted by atomic mass is 10.1. The fraction of sp³-hybridized carbons (Fsp3) is 0.533. The predicted octanol–water partition coefficient (Wildman–Crippen LogP) is 2.17. The number of hydrazine groups is 1. The molecular weight excluding hydrogens is 268 g/mol.